The molecule has 0 heterocycles. The van der Waals surface area contributed by atoms with Crippen LogP contribution < -0.4 is 10.6 Å². The molecule has 0 aliphatic heterocycles. The zero-order valence-electron chi connectivity index (χ0n) is 19.1. The molecule has 0 saturated heterocycles. The molecular weight excluding hydrogens is 400 g/mol. The minimum atomic E-state index is -1.22. The monoisotopic (exact) mass is 436 g/mol. The molecule has 0 atom stereocenters. The maximum absolute atomic E-state index is 11.6. The lowest BCUT2D eigenvalue weighted by Crippen LogP contribution is -2.37. The predicted octanol–water partition coefficient (Wildman–Crippen LogP) is 4.71. The number of nitrogens with one attached hydrogen (secondary N) is 2. The van der Waals surface area contributed by atoms with Crippen LogP contribution >= 0.6 is 11.8 Å². The normalized spacial score (nSPS) is 12.4. The second kappa shape index (κ2) is 15.5. The van der Waals surface area contributed by atoms with E-state index in [1.54, 1.807) is 0 Å². The summed E-state index contributed by atoms with van der Waals surface area (Å²) in [5, 5.41) is 15.2. The van der Waals surface area contributed by atoms with Crippen LogP contribution in [0.15, 0.2) is 45.5 Å². The second-order valence-electron chi connectivity index (χ2n) is 7.55. The number of carboxylic acids is 1. The minimum absolute atomic E-state index is 0.202. The molecule has 6 nitrogen and oxygen atoms in total. The van der Waals surface area contributed by atoms with Gasteiger partial charge in [-0.05, 0) is 60.3 Å². The second-order valence-corrected chi connectivity index (χ2v) is 8.45. The summed E-state index contributed by atoms with van der Waals surface area (Å²) in [4.78, 5) is 33.7. The van der Waals surface area contributed by atoms with Crippen LogP contribution in [0, 0.1) is 0 Å². The molecule has 0 saturated carbocycles. The number of aliphatic carboxylic acids is 1. The van der Waals surface area contributed by atoms with Gasteiger partial charge in [0.2, 0.25) is 11.8 Å². The Morgan fingerprint density at radius 1 is 0.900 bits per heavy atom. The van der Waals surface area contributed by atoms with E-state index in [9.17, 15) is 19.5 Å². The van der Waals surface area contributed by atoms with Gasteiger partial charge in [-0.1, -0.05) is 34.4 Å². The summed E-state index contributed by atoms with van der Waals surface area (Å²) in [6, 6.07) is 0. The third-order valence-corrected chi connectivity index (χ3v) is 5.27. The van der Waals surface area contributed by atoms with Gasteiger partial charge in [0.25, 0.3) is 0 Å². The van der Waals surface area contributed by atoms with Crippen molar-refractivity contribution in [3.8, 4) is 0 Å². The summed E-state index contributed by atoms with van der Waals surface area (Å²) in [6.07, 6.45) is 8.50. The third kappa shape index (κ3) is 14.7. The highest BCUT2D eigenvalue weighted by molar-refractivity contribution is 8.02. The third-order valence-electron chi connectivity index (χ3n) is 4.51. The summed E-state index contributed by atoms with van der Waals surface area (Å²) in [5.41, 5.74) is 5.29. The molecule has 0 aromatic rings. The Labute approximate surface area is 185 Å². The van der Waals surface area contributed by atoms with E-state index in [2.05, 4.69) is 57.4 Å². The molecule has 0 aromatic carbocycles. The number of carbonyl (C=O) groups is 3. The van der Waals surface area contributed by atoms with Crippen molar-refractivity contribution in [2.75, 3.05) is 12.3 Å². The molecule has 168 valence electrons. The van der Waals surface area contributed by atoms with E-state index >= 15 is 0 Å². The Kier molecular flexibility index (Phi) is 14.4. The van der Waals surface area contributed by atoms with Crippen molar-refractivity contribution in [2.24, 2.45) is 0 Å². The number of rotatable bonds is 13. The topological polar surface area (TPSA) is 95.5 Å². The highest BCUT2D eigenvalue weighted by Gasteiger charge is 2.11. The average Bonchev–Trinajstić information content (AvgIpc) is 2.66. The van der Waals surface area contributed by atoms with Gasteiger partial charge < -0.3 is 15.7 Å². The number of hydrogen-bond donors (Lipinski definition) is 3. The lowest BCUT2D eigenvalue weighted by molar-refractivity contribution is -0.134. The maximum atomic E-state index is 11.6. The first kappa shape index (κ1) is 27.7. The molecule has 0 rings (SSSR count). The number of allylic oxidation sites excluding steroid dienone is 5. The lowest BCUT2D eigenvalue weighted by Gasteiger charge is -2.06. The summed E-state index contributed by atoms with van der Waals surface area (Å²) in [5.74, 6) is -1.53. The Morgan fingerprint density at radius 3 is 2.10 bits per heavy atom. The van der Waals surface area contributed by atoms with Gasteiger partial charge in [-0.2, -0.15) is 0 Å². The zero-order chi connectivity index (χ0) is 23.1. The standard InChI is InChI=1S/C23H36N2O4S/c1-16(2)19(5)11-10-17(3)8-7-9-18(4)12-13-30-15-21(23(28)29)25-22(27)14-24-20(6)26/h8,12,15H,7,9-11,13-14H2,1-6H3,(H,24,26)(H,25,27)(H,28,29). The van der Waals surface area contributed by atoms with Gasteiger partial charge in [-0.3, -0.25) is 9.59 Å². The summed E-state index contributed by atoms with van der Waals surface area (Å²) in [6.45, 7) is 11.7. The van der Waals surface area contributed by atoms with Crippen LogP contribution in [0.4, 0.5) is 0 Å². The van der Waals surface area contributed by atoms with Gasteiger partial charge in [0, 0.05) is 18.1 Å². The molecule has 0 unspecified atom stereocenters. The first-order valence-corrected chi connectivity index (χ1v) is 11.1. The molecule has 30 heavy (non-hydrogen) atoms. The highest BCUT2D eigenvalue weighted by atomic mass is 32.2. The molecule has 0 radical (unpaired) electrons. The molecule has 0 aromatic heterocycles. The van der Waals surface area contributed by atoms with Crippen LogP contribution in [0.5, 0.6) is 0 Å². The van der Waals surface area contributed by atoms with Gasteiger partial charge in [-0.15, -0.1) is 11.8 Å². The molecule has 0 aliphatic carbocycles. The molecular formula is C23H36N2O4S. The van der Waals surface area contributed by atoms with Crippen LogP contribution in [0.25, 0.3) is 0 Å². The highest BCUT2D eigenvalue weighted by Crippen LogP contribution is 2.16. The van der Waals surface area contributed by atoms with E-state index in [0.29, 0.717) is 5.75 Å². The fraction of sp³-hybridized carbons (Fsp3) is 0.522. The van der Waals surface area contributed by atoms with Gasteiger partial charge >= 0.3 is 5.97 Å². The molecule has 0 spiro atoms. The van der Waals surface area contributed by atoms with Crippen LogP contribution in [0.3, 0.4) is 0 Å². The Morgan fingerprint density at radius 2 is 1.53 bits per heavy atom. The summed E-state index contributed by atoms with van der Waals surface area (Å²) < 4.78 is 0. The SMILES string of the molecule is CC(=O)NCC(=O)NC(=CSCC=C(C)CCC=C(C)CCC(C)=C(C)C)C(=O)O. The van der Waals surface area contributed by atoms with Crippen molar-refractivity contribution >= 4 is 29.5 Å². The van der Waals surface area contributed by atoms with E-state index in [1.165, 1.54) is 46.4 Å². The molecule has 0 bridgehead atoms. The number of amides is 2. The van der Waals surface area contributed by atoms with Crippen molar-refractivity contribution in [2.45, 2.75) is 67.2 Å². The van der Waals surface area contributed by atoms with E-state index in [1.807, 2.05) is 0 Å². The van der Waals surface area contributed by atoms with Gasteiger partial charge in [0.05, 0.1) is 6.54 Å². The van der Waals surface area contributed by atoms with Gasteiger partial charge in [-0.25, -0.2) is 4.79 Å². The Hall–Kier alpha value is -2.28. The summed E-state index contributed by atoms with van der Waals surface area (Å²) >= 11 is 1.30. The van der Waals surface area contributed by atoms with E-state index in [4.69, 9.17) is 0 Å². The molecule has 7 heteroatoms. The Balaban J connectivity index is 4.42. The van der Waals surface area contributed by atoms with Crippen molar-refractivity contribution in [1.29, 1.82) is 0 Å². The van der Waals surface area contributed by atoms with Gasteiger partial charge in [0.1, 0.15) is 5.70 Å². The fourth-order valence-electron chi connectivity index (χ4n) is 2.24. The van der Waals surface area contributed by atoms with Crippen LogP contribution in [-0.2, 0) is 14.4 Å². The first-order valence-electron chi connectivity index (χ1n) is 10.1. The molecule has 0 fully saturated rings. The minimum Gasteiger partial charge on any atom is -0.477 e. The van der Waals surface area contributed by atoms with Crippen molar-refractivity contribution in [1.82, 2.24) is 10.6 Å². The van der Waals surface area contributed by atoms with Crippen molar-refractivity contribution in [3.05, 3.63) is 45.5 Å². The fourth-order valence-corrected chi connectivity index (χ4v) is 3.04. The lowest BCUT2D eigenvalue weighted by atomic mass is 10.0. The first-order chi connectivity index (χ1) is 14.0. The number of hydrogen-bond acceptors (Lipinski definition) is 4. The van der Waals surface area contributed by atoms with Crippen molar-refractivity contribution < 1.29 is 19.5 Å². The predicted molar refractivity (Wildman–Crippen MR) is 125 cm³/mol. The number of carbonyl (C=O) groups excluding carboxylic acids is 2. The van der Waals surface area contributed by atoms with Crippen LogP contribution in [0.2, 0.25) is 0 Å². The van der Waals surface area contributed by atoms with Crippen molar-refractivity contribution in [3.63, 3.8) is 0 Å². The largest absolute Gasteiger partial charge is 0.477 e. The number of carboxylic acid groups (broad SMARTS) is 1. The zero-order valence-corrected chi connectivity index (χ0v) is 19.9. The van der Waals surface area contributed by atoms with E-state index in [-0.39, 0.29) is 18.1 Å². The smallest absolute Gasteiger partial charge is 0.352 e. The quantitative estimate of drug-likeness (QED) is 0.221. The number of thioether (sulfide) groups is 1. The molecule has 2 amide bonds. The molecule has 0 aliphatic rings. The average molecular weight is 437 g/mol. The van der Waals surface area contributed by atoms with E-state index in [0.717, 1.165) is 25.7 Å². The Bertz CT molecular complexity index is 729. The van der Waals surface area contributed by atoms with Gasteiger partial charge in [0.15, 0.2) is 0 Å². The van der Waals surface area contributed by atoms with E-state index < -0.39 is 11.9 Å². The summed E-state index contributed by atoms with van der Waals surface area (Å²) in [7, 11) is 0. The van der Waals surface area contributed by atoms with Crippen LogP contribution in [0.1, 0.15) is 67.2 Å². The maximum Gasteiger partial charge on any atom is 0.352 e. The van der Waals surface area contributed by atoms with Crippen LogP contribution in [-0.4, -0.2) is 35.2 Å². The molecule has 3 N–H and O–H groups in total.